The molecule has 1 aromatic carbocycles. The Morgan fingerprint density at radius 2 is 2.00 bits per heavy atom. The third-order valence-electron chi connectivity index (χ3n) is 6.11. The molecule has 1 aliphatic heterocycles. The first-order valence-electron chi connectivity index (χ1n) is 10.4. The molecule has 5 heteroatoms. The topological polar surface area (TPSA) is 58.4 Å². The van der Waals surface area contributed by atoms with Crippen LogP contribution in [-0.2, 0) is 17.6 Å². The van der Waals surface area contributed by atoms with Gasteiger partial charge in [-0.25, -0.2) is 0 Å². The van der Waals surface area contributed by atoms with Gasteiger partial charge in [-0.05, 0) is 82.7 Å². The molecule has 0 saturated carbocycles. The minimum Gasteiger partial charge on any atom is -0.361 e. The number of carbonyl (C=O) groups excluding carboxylic acids is 1. The lowest BCUT2D eigenvalue weighted by Gasteiger charge is -2.34. The van der Waals surface area contributed by atoms with Crippen molar-refractivity contribution in [2.24, 2.45) is 11.8 Å². The van der Waals surface area contributed by atoms with Gasteiger partial charge in [0.2, 0.25) is 5.91 Å². The van der Waals surface area contributed by atoms with Crippen LogP contribution < -0.4 is 5.32 Å². The standard InChI is InChI=1S/C23H33N3O2/c1-16-15-26(4)14-13-20(16)8-5-19-6-9-21(10-7-19)24-23(27)12-11-22-17(2)25-28-18(22)3/h6-7,9-10,16,20H,5,8,11-15H2,1-4H3,(H,24,27)/t16-,20+/m0/s1. The van der Waals surface area contributed by atoms with Crippen molar-refractivity contribution in [1.82, 2.24) is 10.1 Å². The highest BCUT2D eigenvalue weighted by molar-refractivity contribution is 5.90. The van der Waals surface area contributed by atoms with E-state index in [0.717, 1.165) is 41.0 Å². The molecule has 0 aliphatic carbocycles. The number of piperidine rings is 1. The van der Waals surface area contributed by atoms with Gasteiger partial charge in [0.1, 0.15) is 5.76 Å². The van der Waals surface area contributed by atoms with Gasteiger partial charge in [0.15, 0.2) is 0 Å². The molecule has 1 N–H and O–H groups in total. The molecule has 0 spiro atoms. The monoisotopic (exact) mass is 383 g/mol. The maximum absolute atomic E-state index is 12.2. The number of nitrogens with zero attached hydrogens (tertiary/aromatic N) is 2. The van der Waals surface area contributed by atoms with Crippen LogP contribution in [0.15, 0.2) is 28.8 Å². The molecule has 1 saturated heterocycles. The van der Waals surface area contributed by atoms with Crippen LogP contribution in [0.25, 0.3) is 0 Å². The number of carbonyl (C=O) groups is 1. The molecule has 1 aliphatic rings. The fourth-order valence-electron chi connectivity index (χ4n) is 4.26. The summed E-state index contributed by atoms with van der Waals surface area (Å²) in [6.45, 7) is 8.60. The summed E-state index contributed by atoms with van der Waals surface area (Å²) in [5.41, 5.74) is 4.11. The minimum atomic E-state index is 0.0212. The zero-order valence-electron chi connectivity index (χ0n) is 17.6. The van der Waals surface area contributed by atoms with E-state index in [1.165, 1.54) is 31.5 Å². The van der Waals surface area contributed by atoms with E-state index in [9.17, 15) is 4.79 Å². The number of hydrogen-bond acceptors (Lipinski definition) is 4. The van der Waals surface area contributed by atoms with Gasteiger partial charge in [-0.15, -0.1) is 0 Å². The van der Waals surface area contributed by atoms with E-state index in [1.807, 2.05) is 26.0 Å². The third kappa shape index (κ3) is 5.44. The molecule has 1 aromatic heterocycles. The highest BCUT2D eigenvalue weighted by atomic mass is 16.5. The quantitative estimate of drug-likeness (QED) is 0.771. The number of benzene rings is 1. The van der Waals surface area contributed by atoms with E-state index >= 15 is 0 Å². The molecule has 2 heterocycles. The second kappa shape index (κ2) is 9.37. The molecule has 1 amide bonds. The Labute approximate surface area is 168 Å². The molecule has 0 radical (unpaired) electrons. The number of amides is 1. The largest absolute Gasteiger partial charge is 0.361 e. The molecule has 28 heavy (non-hydrogen) atoms. The second-order valence-corrected chi connectivity index (χ2v) is 8.37. The van der Waals surface area contributed by atoms with E-state index in [0.29, 0.717) is 12.8 Å². The lowest BCUT2D eigenvalue weighted by Crippen LogP contribution is -2.36. The van der Waals surface area contributed by atoms with Gasteiger partial charge in [-0.1, -0.05) is 24.2 Å². The van der Waals surface area contributed by atoms with Crippen LogP contribution in [0.3, 0.4) is 0 Å². The number of likely N-dealkylation sites (tertiary alicyclic amines) is 1. The summed E-state index contributed by atoms with van der Waals surface area (Å²) in [6.07, 6.45) is 4.74. The van der Waals surface area contributed by atoms with Crippen molar-refractivity contribution in [2.75, 3.05) is 25.5 Å². The lowest BCUT2D eigenvalue weighted by molar-refractivity contribution is -0.116. The fourth-order valence-corrected chi connectivity index (χ4v) is 4.26. The normalized spacial score (nSPS) is 20.3. The Kier molecular flexibility index (Phi) is 6.89. The van der Waals surface area contributed by atoms with Crippen molar-refractivity contribution in [3.05, 3.63) is 46.8 Å². The van der Waals surface area contributed by atoms with Crippen LogP contribution in [0, 0.1) is 25.7 Å². The Morgan fingerprint density at radius 1 is 1.25 bits per heavy atom. The highest BCUT2D eigenvalue weighted by Crippen LogP contribution is 2.27. The summed E-state index contributed by atoms with van der Waals surface area (Å²) in [5, 5.41) is 6.93. The van der Waals surface area contributed by atoms with Gasteiger partial charge in [0.05, 0.1) is 5.69 Å². The first-order valence-corrected chi connectivity index (χ1v) is 10.4. The van der Waals surface area contributed by atoms with Crippen molar-refractivity contribution < 1.29 is 9.32 Å². The average Bonchev–Trinajstić information content (AvgIpc) is 2.98. The molecule has 0 unspecified atom stereocenters. The molecular weight excluding hydrogens is 350 g/mol. The molecule has 5 nitrogen and oxygen atoms in total. The fraction of sp³-hybridized carbons (Fsp3) is 0.565. The van der Waals surface area contributed by atoms with Gasteiger partial charge >= 0.3 is 0 Å². The Hall–Kier alpha value is -2.14. The maximum Gasteiger partial charge on any atom is 0.224 e. The number of nitrogens with one attached hydrogen (secondary N) is 1. The van der Waals surface area contributed by atoms with E-state index in [2.05, 4.69) is 41.5 Å². The Morgan fingerprint density at radius 3 is 2.64 bits per heavy atom. The Bertz CT molecular complexity index is 762. The van der Waals surface area contributed by atoms with Crippen LogP contribution in [0.1, 0.15) is 48.8 Å². The van der Waals surface area contributed by atoms with Crippen molar-refractivity contribution >= 4 is 11.6 Å². The SMILES string of the molecule is Cc1noc(C)c1CCC(=O)Nc1ccc(CC[C@@H]2CCN(C)C[C@@H]2C)cc1. The van der Waals surface area contributed by atoms with E-state index < -0.39 is 0 Å². The maximum atomic E-state index is 12.2. The van der Waals surface area contributed by atoms with Crippen LogP contribution in [0.4, 0.5) is 5.69 Å². The number of rotatable bonds is 7. The van der Waals surface area contributed by atoms with Gasteiger partial charge < -0.3 is 14.7 Å². The van der Waals surface area contributed by atoms with Crippen molar-refractivity contribution in [3.8, 4) is 0 Å². The third-order valence-corrected chi connectivity index (χ3v) is 6.11. The molecule has 3 rings (SSSR count). The van der Waals surface area contributed by atoms with Crippen molar-refractivity contribution in [3.63, 3.8) is 0 Å². The number of hydrogen-bond donors (Lipinski definition) is 1. The molecule has 1 fully saturated rings. The summed E-state index contributed by atoms with van der Waals surface area (Å²) in [7, 11) is 2.22. The predicted octanol–water partition coefficient (Wildman–Crippen LogP) is 4.38. The Balaban J connectivity index is 1.44. The van der Waals surface area contributed by atoms with Crippen LogP contribution in [-0.4, -0.2) is 36.1 Å². The number of aryl methyl sites for hydroxylation is 3. The molecule has 152 valence electrons. The van der Waals surface area contributed by atoms with Crippen molar-refractivity contribution in [2.45, 2.75) is 52.9 Å². The predicted molar refractivity (Wildman–Crippen MR) is 112 cm³/mol. The first kappa shape index (κ1) is 20.6. The molecule has 0 bridgehead atoms. The van der Waals surface area contributed by atoms with Crippen molar-refractivity contribution in [1.29, 1.82) is 0 Å². The van der Waals surface area contributed by atoms with E-state index in [4.69, 9.17) is 4.52 Å². The van der Waals surface area contributed by atoms with Gasteiger partial charge in [0.25, 0.3) is 0 Å². The zero-order chi connectivity index (χ0) is 20.1. The summed E-state index contributed by atoms with van der Waals surface area (Å²) in [5.74, 6) is 2.41. The average molecular weight is 384 g/mol. The molecular formula is C23H33N3O2. The van der Waals surface area contributed by atoms with Crippen LogP contribution >= 0.6 is 0 Å². The van der Waals surface area contributed by atoms with Gasteiger partial charge in [-0.2, -0.15) is 0 Å². The summed E-state index contributed by atoms with van der Waals surface area (Å²) < 4.78 is 5.15. The second-order valence-electron chi connectivity index (χ2n) is 8.37. The number of anilines is 1. The number of aromatic nitrogens is 1. The molecule has 2 atom stereocenters. The van der Waals surface area contributed by atoms with E-state index in [-0.39, 0.29) is 5.91 Å². The smallest absolute Gasteiger partial charge is 0.224 e. The van der Waals surface area contributed by atoms with Gasteiger partial charge in [0, 0.05) is 24.2 Å². The van der Waals surface area contributed by atoms with Gasteiger partial charge in [-0.3, -0.25) is 4.79 Å². The highest BCUT2D eigenvalue weighted by Gasteiger charge is 2.23. The summed E-state index contributed by atoms with van der Waals surface area (Å²) >= 11 is 0. The molecule has 2 aromatic rings. The van der Waals surface area contributed by atoms with Crippen LogP contribution in [0.5, 0.6) is 0 Å². The first-order chi connectivity index (χ1) is 13.4. The van der Waals surface area contributed by atoms with Crippen LogP contribution in [0.2, 0.25) is 0 Å². The summed E-state index contributed by atoms with van der Waals surface area (Å²) in [4.78, 5) is 14.7. The zero-order valence-corrected chi connectivity index (χ0v) is 17.6. The summed E-state index contributed by atoms with van der Waals surface area (Å²) in [6, 6.07) is 8.31. The van der Waals surface area contributed by atoms with E-state index in [1.54, 1.807) is 0 Å². The lowest BCUT2D eigenvalue weighted by atomic mass is 9.83. The minimum absolute atomic E-state index is 0.0212.